The van der Waals surface area contributed by atoms with E-state index in [4.69, 9.17) is 11.6 Å². The highest BCUT2D eigenvalue weighted by molar-refractivity contribution is 9.10. The third kappa shape index (κ3) is 1.39. The van der Waals surface area contributed by atoms with Gasteiger partial charge in [0.1, 0.15) is 0 Å². The maximum atomic E-state index is 6.07. The van der Waals surface area contributed by atoms with Crippen LogP contribution in [-0.2, 0) is 13.0 Å². The van der Waals surface area contributed by atoms with Crippen LogP contribution in [-0.4, -0.2) is 6.54 Å². The molecule has 12 heavy (non-hydrogen) atoms. The Morgan fingerprint density at radius 1 is 1.33 bits per heavy atom. The second-order valence-electron chi connectivity index (χ2n) is 2.91. The van der Waals surface area contributed by atoms with Crippen LogP contribution in [0, 0.1) is 0 Å². The molecule has 0 saturated carbocycles. The van der Waals surface area contributed by atoms with Gasteiger partial charge >= 0.3 is 0 Å². The molecule has 0 amide bonds. The fraction of sp³-hybridized carbons (Fsp3) is 0.333. The first-order valence-corrected chi connectivity index (χ1v) is 5.12. The molecule has 0 saturated heterocycles. The summed E-state index contributed by atoms with van der Waals surface area (Å²) in [6, 6.07) is 3.96. The summed E-state index contributed by atoms with van der Waals surface area (Å²) in [6.45, 7) is 1.96. The van der Waals surface area contributed by atoms with Gasteiger partial charge in [-0.25, -0.2) is 0 Å². The molecule has 3 heteroatoms. The van der Waals surface area contributed by atoms with E-state index in [1.165, 1.54) is 11.1 Å². The van der Waals surface area contributed by atoms with E-state index in [9.17, 15) is 0 Å². The third-order valence-electron chi connectivity index (χ3n) is 2.17. The molecule has 0 radical (unpaired) electrons. The molecule has 0 atom stereocenters. The van der Waals surface area contributed by atoms with Gasteiger partial charge in [0.2, 0.25) is 0 Å². The van der Waals surface area contributed by atoms with Crippen LogP contribution in [0.4, 0.5) is 0 Å². The van der Waals surface area contributed by atoms with E-state index in [0.29, 0.717) is 0 Å². The molecular weight excluding hydrogens is 237 g/mol. The lowest BCUT2D eigenvalue weighted by Crippen LogP contribution is -2.24. The highest BCUT2D eigenvalue weighted by Crippen LogP contribution is 2.29. The Kier molecular flexibility index (Phi) is 2.40. The summed E-state index contributed by atoms with van der Waals surface area (Å²) in [4.78, 5) is 0. The molecular formula is C9H9BrClN. The maximum absolute atomic E-state index is 6.07. The van der Waals surface area contributed by atoms with Crippen LogP contribution in [0.2, 0.25) is 5.02 Å². The van der Waals surface area contributed by atoms with Crippen LogP contribution in [0.25, 0.3) is 0 Å². The predicted molar refractivity (Wildman–Crippen MR) is 54.6 cm³/mol. The largest absolute Gasteiger partial charge is 0.312 e. The first-order valence-electron chi connectivity index (χ1n) is 3.95. The lowest BCUT2D eigenvalue weighted by Gasteiger charge is -2.19. The zero-order chi connectivity index (χ0) is 8.55. The molecule has 64 valence electrons. The third-order valence-corrected chi connectivity index (χ3v) is 3.27. The summed E-state index contributed by atoms with van der Waals surface area (Å²) in [5, 5.41) is 4.22. The van der Waals surface area contributed by atoms with Crippen LogP contribution in [0.15, 0.2) is 16.6 Å². The monoisotopic (exact) mass is 245 g/mol. The number of nitrogens with one attached hydrogen (secondary N) is 1. The van der Waals surface area contributed by atoms with Crippen molar-refractivity contribution in [1.29, 1.82) is 0 Å². The van der Waals surface area contributed by atoms with Gasteiger partial charge in [-0.1, -0.05) is 27.5 Å². The fourth-order valence-electron chi connectivity index (χ4n) is 1.52. The van der Waals surface area contributed by atoms with Crippen molar-refractivity contribution in [3.63, 3.8) is 0 Å². The molecule has 1 aliphatic heterocycles. The van der Waals surface area contributed by atoms with E-state index in [2.05, 4.69) is 21.2 Å². The van der Waals surface area contributed by atoms with E-state index in [-0.39, 0.29) is 0 Å². The number of halogens is 2. The Morgan fingerprint density at radius 2 is 2.17 bits per heavy atom. The van der Waals surface area contributed by atoms with Crippen molar-refractivity contribution in [3.8, 4) is 0 Å². The quantitative estimate of drug-likeness (QED) is 0.742. The molecule has 0 unspecified atom stereocenters. The van der Waals surface area contributed by atoms with E-state index < -0.39 is 0 Å². The second-order valence-corrected chi connectivity index (χ2v) is 4.17. The Hall–Kier alpha value is -0.0500. The molecule has 0 spiro atoms. The lowest BCUT2D eigenvalue weighted by molar-refractivity contribution is 0.641. The van der Waals surface area contributed by atoms with Gasteiger partial charge in [-0.3, -0.25) is 0 Å². The van der Waals surface area contributed by atoms with Gasteiger partial charge in [0.05, 0.1) is 0 Å². The van der Waals surface area contributed by atoms with Gasteiger partial charge in [-0.2, -0.15) is 0 Å². The minimum atomic E-state index is 0.898. The lowest BCUT2D eigenvalue weighted by atomic mass is 10.0. The normalized spacial score (nSPS) is 15.8. The smallest absolute Gasteiger partial charge is 0.0442 e. The van der Waals surface area contributed by atoms with Crippen molar-refractivity contribution in [2.75, 3.05) is 6.54 Å². The van der Waals surface area contributed by atoms with Crippen LogP contribution >= 0.6 is 27.5 Å². The maximum Gasteiger partial charge on any atom is 0.0442 e. The van der Waals surface area contributed by atoms with Crippen molar-refractivity contribution in [3.05, 3.63) is 32.8 Å². The predicted octanol–water partition coefficient (Wildman–Crippen LogP) is 2.75. The van der Waals surface area contributed by atoms with Gasteiger partial charge < -0.3 is 5.32 Å². The van der Waals surface area contributed by atoms with Gasteiger partial charge in [0.25, 0.3) is 0 Å². The topological polar surface area (TPSA) is 12.0 Å². The summed E-state index contributed by atoms with van der Waals surface area (Å²) >= 11 is 9.58. The number of rotatable bonds is 0. The molecule has 1 nitrogen and oxygen atoms in total. The van der Waals surface area contributed by atoms with Gasteiger partial charge in [0.15, 0.2) is 0 Å². The van der Waals surface area contributed by atoms with Crippen LogP contribution in [0.1, 0.15) is 11.1 Å². The van der Waals surface area contributed by atoms with Crippen molar-refractivity contribution >= 4 is 27.5 Å². The summed E-state index contributed by atoms with van der Waals surface area (Å²) < 4.78 is 1.16. The van der Waals surface area contributed by atoms with Crippen LogP contribution < -0.4 is 5.32 Å². The second kappa shape index (κ2) is 3.36. The first kappa shape index (κ1) is 8.54. The highest BCUT2D eigenvalue weighted by Gasteiger charge is 2.13. The summed E-state index contributed by atoms with van der Waals surface area (Å²) in [5.74, 6) is 0. The zero-order valence-corrected chi connectivity index (χ0v) is 8.87. The number of hydrogen-bond donors (Lipinski definition) is 1. The summed E-state index contributed by atoms with van der Waals surface area (Å²) in [6.07, 6.45) is 1.04. The minimum absolute atomic E-state index is 0.898. The molecule has 0 aliphatic carbocycles. The van der Waals surface area contributed by atoms with Crippen molar-refractivity contribution < 1.29 is 0 Å². The number of hydrogen-bond acceptors (Lipinski definition) is 1. The molecule has 1 aromatic carbocycles. The van der Waals surface area contributed by atoms with E-state index in [1.807, 2.05) is 12.1 Å². The average Bonchev–Trinajstić information content (AvgIpc) is 2.12. The summed E-state index contributed by atoms with van der Waals surface area (Å²) in [7, 11) is 0. The first-order chi connectivity index (χ1) is 5.79. The molecule has 1 heterocycles. The highest BCUT2D eigenvalue weighted by atomic mass is 79.9. The van der Waals surface area contributed by atoms with E-state index >= 15 is 0 Å². The van der Waals surface area contributed by atoms with Gasteiger partial charge in [-0.05, 0) is 36.2 Å². The molecule has 2 rings (SSSR count). The van der Waals surface area contributed by atoms with Crippen LogP contribution in [0.3, 0.4) is 0 Å². The molecule has 0 aromatic heterocycles. The molecule has 1 aromatic rings. The Morgan fingerprint density at radius 3 is 2.92 bits per heavy atom. The van der Waals surface area contributed by atoms with Gasteiger partial charge in [0, 0.05) is 16.0 Å². The van der Waals surface area contributed by atoms with Gasteiger partial charge in [-0.15, -0.1) is 0 Å². The minimum Gasteiger partial charge on any atom is -0.312 e. The standard InChI is InChI=1S/C9H9BrClN/c10-8-1-2-9(11)6-3-4-12-5-7(6)8/h1-2,12H,3-5H2. The number of fused-ring (bicyclic) bond motifs is 1. The van der Waals surface area contributed by atoms with Crippen molar-refractivity contribution in [2.24, 2.45) is 0 Å². The fourth-order valence-corrected chi connectivity index (χ4v) is 2.31. The van der Waals surface area contributed by atoms with E-state index in [0.717, 1.165) is 29.0 Å². The summed E-state index contributed by atoms with van der Waals surface area (Å²) in [5.41, 5.74) is 2.61. The number of benzene rings is 1. The van der Waals surface area contributed by atoms with Crippen molar-refractivity contribution in [1.82, 2.24) is 5.32 Å². The van der Waals surface area contributed by atoms with Crippen LogP contribution in [0.5, 0.6) is 0 Å². The molecule has 0 bridgehead atoms. The Labute approximate surface area is 85.2 Å². The Bertz CT molecular complexity index is 281. The zero-order valence-electron chi connectivity index (χ0n) is 6.53. The molecule has 0 fully saturated rings. The molecule has 1 aliphatic rings. The Balaban J connectivity index is 2.57. The van der Waals surface area contributed by atoms with E-state index in [1.54, 1.807) is 0 Å². The van der Waals surface area contributed by atoms with Crippen molar-refractivity contribution in [2.45, 2.75) is 13.0 Å². The average molecular weight is 247 g/mol. The SMILES string of the molecule is Clc1ccc(Br)c2c1CCNC2. The molecule has 1 N–H and O–H groups in total.